The average Bonchev–Trinajstić information content (AvgIpc) is 2.48. The van der Waals surface area contributed by atoms with E-state index in [2.05, 4.69) is 5.32 Å². The van der Waals surface area contributed by atoms with Crippen LogP contribution in [0.1, 0.15) is 10.4 Å². The molecule has 5 nitrogen and oxygen atoms in total. The number of nitrogen functional groups attached to an aromatic ring is 1. The van der Waals surface area contributed by atoms with E-state index in [9.17, 15) is 9.18 Å². The highest BCUT2D eigenvalue weighted by atomic mass is 19.1. The van der Waals surface area contributed by atoms with Gasteiger partial charge in [0.15, 0.2) is 11.6 Å². The van der Waals surface area contributed by atoms with Gasteiger partial charge < -0.3 is 20.5 Å². The van der Waals surface area contributed by atoms with Gasteiger partial charge in [0.1, 0.15) is 5.75 Å². The van der Waals surface area contributed by atoms with Gasteiger partial charge in [0.2, 0.25) is 0 Å². The van der Waals surface area contributed by atoms with E-state index in [0.717, 1.165) is 6.07 Å². The van der Waals surface area contributed by atoms with Crippen LogP contribution in [-0.4, -0.2) is 20.1 Å². The first-order valence-corrected chi connectivity index (χ1v) is 6.13. The van der Waals surface area contributed by atoms with E-state index in [4.69, 9.17) is 15.2 Å². The summed E-state index contributed by atoms with van der Waals surface area (Å²) in [5.41, 5.74) is 6.78. The van der Waals surface area contributed by atoms with Crippen molar-refractivity contribution in [1.82, 2.24) is 0 Å². The Bertz CT molecular complexity index is 674. The van der Waals surface area contributed by atoms with Gasteiger partial charge >= 0.3 is 0 Å². The zero-order valence-corrected chi connectivity index (χ0v) is 11.6. The van der Waals surface area contributed by atoms with Crippen molar-refractivity contribution in [3.63, 3.8) is 0 Å². The lowest BCUT2D eigenvalue weighted by Crippen LogP contribution is -2.13. The highest BCUT2D eigenvalue weighted by Gasteiger charge is 2.12. The molecule has 0 aromatic heterocycles. The fourth-order valence-electron chi connectivity index (χ4n) is 1.81. The van der Waals surface area contributed by atoms with Crippen molar-refractivity contribution >= 4 is 17.3 Å². The molecular formula is C15H15FN2O3. The molecule has 0 radical (unpaired) electrons. The topological polar surface area (TPSA) is 73.6 Å². The molecule has 0 spiro atoms. The number of carbonyl (C=O) groups is 1. The molecule has 1 amide bonds. The number of hydrogen-bond acceptors (Lipinski definition) is 4. The Hall–Kier alpha value is -2.76. The summed E-state index contributed by atoms with van der Waals surface area (Å²) in [4.78, 5) is 12.1. The van der Waals surface area contributed by atoms with Crippen LogP contribution in [0.3, 0.4) is 0 Å². The van der Waals surface area contributed by atoms with Crippen LogP contribution in [0, 0.1) is 5.82 Å². The Morgan fingerprint density at radius 3 is 2.43 bits per heavy atom. The van der Waals surface area contributed by atoms with E-state index in [1.165, 1.54) is 26.4 Å². The van der Waals surface area contributed by atoms with Crippen LogP contribution >= 0.6 is 0 Å². The van der Waals surface area contributed by atoms with Crippen LogP contribution in [0.2, 0.25) is 0 Å². The number of ether oxygens (including phenoxy) is 2. The maximum atomic E-state index is 13.6. The quantitative estimate of drug-likeness (QED) is 0.849. The zero-order chi connectivity index (χ0) is 15.4. The van der Waals surface area contributed by atoms with Crippen LogP contribution in [0.25, 0.3) is 0 Å². The number of nitrogens with two attached hydrogens (primary N) is 1. The predicted molar refractivity (Wildman–Crippen MR) is 78.3 cm³/mol. The minimum absolute atomic E-state index is 0.0802. The first-order valence-electron chi connectivity index (χ1n) is 6.13. The van der Waals surface area contributed by atoms with Crippen LogP contribution < -0.4 is 20.5 Å². The second-order valence-corrected chi connectivity index (χ2v) is 4.26. The molecule has 2 aromatic rings. The Morgan fingerprint density at radius 1 is 1.10 bits per heavy atom. The molecule has 0 saturated heterocycles. The summed E-state index contributed by atoms with van der Waals surface area (Å²) in [6.07, 6.45) is 0. The summed E-state index contributed by atoms with van der Waals surface area (Å²) in [6, 6.07) is 8.81. The molecule has 0 fully saturated rings. The van der Waals surface area contributed by atoms with Gasteiger partial charge in [0.25, 0.3) is 5.91 Å². The second kappa shape index (κ2) is 6.13. The number of anilines is 2. The summed E-state index contributed by atoms with van der Waals surface area (Å²) in [5.74, 6) is -0.553. The predicted octanol–water partition coefficient (Wildman–Crippen LogP) is 2.68. The van der Waals surface area contributed by atoms with Crippen LogP contribution in [0.5, 0.6) is 11.5 Å². The molecule has 2 rings (SSSR count). The molecule has 6 heteroatoms. The first kappa shape index (κ1) is 14.6. The third kappa shape index (κ3) is 3.22. The number of rotatable bonds is 4. The summed E-state index contributed by atoms with van der Waals surface area (Å²) in [6.45, 7) is 0. The molecule has 0 aliphatic rings. The Balaban J connectivity index is 2.24. The number of nitrogens with one attached hydrogen (secondary N) is 1. The molecule has 0 aliphatic heterocycles. The second-order valence-electron chi connectivity index (χ2n) is 4.26. The number of amides is 1. The van der Waals surface area contributed by atoms with Crippen LogP contribution in [0.15, 0.2) is 36.4 Å². The average molecular weight is 290 g/mol. The molecule has 0 saturated carbocycles. The Kier molecular flexibility index (Phi) is 4.27. The number of carbonyl (C=O) groups excluding carboxylic acids is 1. The standard InChI is InChI=1S/C15H15FN2O3/c1-20-13-6-3-9(7-11(13)16)15(19)18-12-5-4-10(17)8-14(12)21-2/h3-8H,17H2,1-2H3,(H,18,19). The van der Waals surface area contributed by atoms with Crippen molar-refractivity contribution in [3.8, 4) is 11.5 Å². The lowest BCUT2D eigenvalue weighted by molar-refractivity contribution is 0.102. The lowest BCUT2D eigenvalue weighted by Gasteiger charge is -2.11. The van der Waals surface area contributed by atoms with E-state index in [0.29, 0.717) is 17.1 Å². The SMILES string of the molecule is COc1ccc(C(=O)Nc2ccc(N)cc2OC)cc1F. The maximum Gasteiger partial charge on any atom is 0.255 e. The maximum absolute atomic E-state index is 13.6. The van der Waals surface area contributed by atoms with Gasteiger partial charge in [-0.2, -0.15) is 0 Å². The monoisotopic (exact) mass is 290 g/mol. The van der Waals surface area contributed by atoms with E-state index >= 15 is 0 Å². The number of benzene rings is 2. The van der Waals surface area contributed by atoms with Gasteiger partial charge in [-0.15, -0.1) is 0 Å². The van der Waals surface area contributed by atoms with E-state index in [1.54, 1.807) is 18.2 Å². The van der Waals surface area contributed by atoms with E-state index in [-0.39, 0.29) is 11.3 Å². The molecule has 0 heterocycles. The van der Waals surface area contributed by atoms with Gasteiger partial charge in [-0.25, -0.2) is 4.39 Å². The Morgan fingerprint density at radius 2 is 1.81 bits per heavy atom. The minimum atomic E-state index is -0.602. The highest BCUT2D eigenvalue weighted by Crippen LogP contribution is 2.27. The lowest BCUT2D eigenvalue weighted by atomic mass is 10.2. The number of methoxy groups -OCH3 is 2. The van der Waals surface area contributed by atoms with E-state index < -0.39 is 11.7 Å². The third-order valence-corrected chi connectivity index (χ3v) is 2.89. The fourth-order valence-corrected chi connectivity index (χ4v) is 1.81. The van der Waals surface area contributed by atoms with Crippen molar-refractivity contribution in [2.45, 2.75) is 0 Å². The minimum Gasteiger partial charge on any atom is -0.494 e. The first-order chi connectivity index (χ1) is 10.0. The molecule has 0 aliphatic carbocycles. The molecular weight excluding hydrogens is 275 g/mol. The van der Waals surface area contributed by atoms with Crippen molar-refractivity contribution < 1.29 is 18.7 Å². The molecule has 2 aromatic carbocycles. The largest absolute Gasteiger partial charge is 0.494 e. The molecule has 21 heavy (non-hydrogen) atoms. The van der Waals surface area contributed by atoms with Crippen molar-refractivity contribution in [2.75, 3.05) is 25.3 Å². The van der Waals surface area contributed by atoms with Gasteiger partial charge in [-0.05, 0) is 30.3 Å². The summed E-state index contributed by atoms with van der Waals surface area (Å²) in [7, 11) is 2.83. The highest BCUT2D eigenvalue weighted by molar-refractivity contribution is 6.05. The van der Waals surface area contributed by atoms with Gasteiger partial charge in [0.05, 0.1) is 19.9 Å². The zero-order valence-electron chi connectivity index (χ0n) is 11.6. The summed E-state index contributed by atoms with van der Waals surface area (Å²) >= 11 is 0. The third-order valence-electron chi connectivity index (χ3n) is 2.89. The fraction of sp³-hybridized carbons (Fsp3) is 0.133. The van der Waals surface area contributed by atoms with Crippen LogP contribution in [0.4, 0.5) is 15.8 Å². The smallest absolute Gasteiger partial charge is 0.255 e. The van der Waals surface area contributed by atoms with Crippen molar-refractivity contribution in [2.24, 2.45) is 0 Å². The molecule has 3 N–H and O–H groups in total. The molecule has 0 bridgehead atoms. The molecule has 0 unspecified atom stereocenters. The van der Waals surface area contributed by atoms with Gasteiger partial charge in [0, 0.05) is 17.3 Å². The Labute approximate surface area is 121 Å². The van der Waals surface area contributed by atoms with Crippen molar-refractivity contribution in [1.29, 1.82) is 0 Å². The summed E-state index contributed by atoms with van der Waals surface area (Å²) in [5, 5.41) is 2.64. The van der Waals surface area contributed by atoms with Gasteiger partial charge in [-0.3, -0.25) is 4.79 Å². The van der Waals surface area contributed by atoms with Crippen molar-refractivity contribution in [3.05, 3.63) is 47.8 Å². The van der Waals surface area contributed by atoms with Crippen LogP contribution in [-0.2, 0) is 0 Å². The van der Waals surface area contributed by atoms with E-state index in [1.807, 2.05) is 0 Å². The molecule has 110 valence electrons. The number of hydrogen-bond donors (Lipinski definition) is 2. The normalized spacial score (nSPS) is 10.0. The number of halogens is 1. The molecule has 0 atom stereocenters. The summed E-state index contributed by atoms with van der Waals surface area (Å²) < 4.78 is 23.5. The van der Waals surface area contributed by atoms with Gasteiger partial charge in [-0.1, -0.05) is 0 Å².